The number of ketones is 2. The van der Waals surface area contributed by atoms with Crippen molar-refractivity contribution < 1.29 is 29.0 Å². The molecule has 2 aromatic carbocycles. The van der Waals surface area contributed by atoms with E-state index in [4.69, 9.17) is 9.47 Å². The number of fused-ring (bicyclic) bond motifs is 2. The second-order valence-corrected chi connectivity index (χ2v) is 4.96. The molecule has 0 bridgehead atoms. The summed E-state index contributed by atoms with van der Waals surface area (Å²) in [6.45, 7) is 0. The van der Waals surface area contributed by atoms with Crippen LogP contribution in [-0.2, 0) is 0 Å². The Morgan fingerprint density at radius 3 is 2.30 bits per heavy atom. The average Bonchev–Trinajstić information content (AvgIpc) is 2.58. The van der Waals surface area contributed by atoms with Gasteiger partial charge in [-0.15, -0.1) is 0 Å². The van der Waals surface area contributed by atoms with Crippen LogP contribution in [0.3, 0.4) is 0 Å². The largest absolute Gasteiger partial charge is 0.502 e. The van der Waals surface area contributed by atoms with Crippen molar-refractivity contribution in [1.82, 2.24) is 0 Å². The van der Waals surface area contributed by atoms with Gasteiger partial charge in [0.15, 0.2) is 23.1 Å². The van der Waals surface area contributed by atoms with Gasteiger partial charge in [0.25, 0.3) is 0 Å². The van der Waals surface area contributed by atoms with E-state index >= 15 is 0 Å². The molecule has 0 saturated heterocycles. The molecule has 3 rings (SSSR count). The Morgan fingerprint density at radius 2 is 1.70 bits per heavy atom. The molecule has 0 aliphatic heterocycles. The maximum Gasteiger partial charge on any atom is 0.201 e. The molecular formula is C17H12O6. The lowest BCUT2D eigenvalue weighted by Crippen LogP contribution is -2.22. The van der Waals surface area contributed by atoms with Gasteiger partial charge in [-0.1, -0.05) is 6.07 Å². The van der Waals surface area contributed by atoms with Crippen LogP contribution in [0.25, 0.3) is 0 Å². The molecule has 6 heteroatoms. The molecule has 0 fully saturated rings. The van der Waals surface area contributed by atoms with Crippen molar-refractivity contribution in [1.29, 1.82) is 0 Å². The normalized spacial score (nSPS) is 12.4. The lowest BCUT2D eigenvalue weighted by molar-refractivity contribution is 0.0975. The number of phenols is 1. The Balaban J connectivity index is 2.35. The Kier molecular flexibility index (Phi) is 3.37. The van der Waals surface area contributed by atoms with E-state index < -0.39 is 11.6 Å². The average molecular weight is 312 g/mol. The highest BCUT2D eigenvalue weighted by Crippen LogP contribution is 2.44. The minimum absolute atomic E-state index is 0.0358. The number of ether oxygens (including phenoxy) is 2. The SMILES string of the molecule is COc1cc2c(c(OC)c1O)C(=O)c1cc(C=O)ccc1C2=O. The van der Waals surface area contributed by atoms with Crippen molar-refractivity contribution in [3.63, 3.8) is 0 Å². The first-order valence-electron chi connectivity index (χ1n) is 6.70. The first-order valence-corrected chi connectivity index (χ1v) is 6.70. The van der Waals surface area contributed by atoms with Crippen molar-refractivity contribution >= 4 is 17.9 Å². The molecule has 1 aliphatic carbocycles. The van der Waals surface area contributed by atoms with Crippen LogP contribution in [0.1, 0.15) is 42.2 Å². The molecule has 0 aromatic heterocycles. The second-order valence-electron chi connectivity index (χ2n) is 4.96. The number of rotatable bonds is 3. The monoisotopic (exact) mass is 312 g/mol. The molecule has 0 saturated carbocycles. The fourth-order valence-electron chi connectivity index (χ4n) is 2.68. The van der Waals surface area contributed by atoms with Crippen molar-refractivity contribution in [3.05, 3.63) is 52.1 Å². The molecule has 116 valence electrons. The third kappa shape index (κ3) is 1.99. The predicted molar refractivity (Wildman–Crippen MR) is 79.9 cm³/mol. The molecule has 0 spiro atoms. The minimum Gasteiger partial charge on any atom is -0.502 e. The number of phenolic OH excluding ortho intramolecular Hbond substituents is 1. The van der Waals surface area contributed by atoms with Crippen LogP contribution in [0.5, 0.6) is 17.2 Å². The van der Waals surface area contributed by atoms with Gasteiger partial charge in [0, 0.05) is 22.3 Å². The molecule has 23 heavy (non-hydrogen) atoms. The maximum absolute atomic E-state index is 12.8. The molecule has 1 N–H and O–H groups in total. The van der Waals surface area contributed by atoms with Crippen LogP contribution < -0.4 is 9.47 Å². The number of carbonyl (C=O) groups is 3. The van der Waals surface area contributed by atoms with Crippen LogP contribution in [0.15, 0.2) is 24.3 Å². The van der Waals surface area contributed by atoms with Crippen molar-refractivity contribution in [2.45, 2.75) is 0 Å². The summed E-state index contributed by atoms with van der Waals surface area (Å²) < 4.78 is 10.1. The minimum atomic E-state index is -0.492. The molecule has 2 aromatic rings. The lowest BCUT2D eigenvalue weighted by atomic mass is 9.82. The van der Waals surface area contributed by atoms with Crippen LogP contribution in [0.4, 0.5) is 0 Å². The zero-order valence-electron chi connectivity index (χ0n) is 12.4. The summed E-state index contributed by atoms with van der Waals surface area (Å²) in [4.78, 5) is 36.3. The quantitative estimate of drug-likeness (QED) is 0.744. The number of aromatic hydroxyl groups is 1. The van der Waals surface area contributed by atoms with Crippen LogP contribution in [0.2, 0.25) is 0 Å². The maximum atomic E-state index is 12.8. The molecule has 1 aliphatic rings. The van der Waals surface area contributed by atoms with Gasteiger partial charge in [-0.2, -0.15) is 0 Å². The standard InChI is InChI=1S/C17H12O6/c1-22-12-6-11-13(17(23-2)16(12)21)15(20)10-5-8(7-18)3-4-9(10)14(11)19/h3-7,21H,1-2H3. The summed E-state index contributed by atoms with van der Waals surface area (Å²) in [6.07, 6.45) is 0.594. The van der Waals surface area contributed by atoms with Crippen molar-refractivity contribution in [2.75, 3.05) is 14.2 Å². The first-order chi connectivity index (χ1) is 11.0. The fourth-order valence-corrected chi connectivity index (χ4v) is 2.68. The second kappa shape index (κ2) is 5.24. The molecule has 0 amide bonds. The van der Waals surface area contributed by atoms with Crippen molar-refractivity contribution in [2.24, 2.45) is 0 Å². The third-order valence-electron chi connectivity index (χ3n) is 3.78. The van der Waals surface area contributed by atoms with Gasteiger partial charge in [-0.3, -0.25) is 14.4 Å². The molecule has 0 heterocycles. The highest BCUT2D eigenvalue weighted by Gasteiger charge is 2.35. The predicted octanol–water partition coefficient (Wildman–Crippen LogP) is 2.00. The van der Waals surface area contributed by atoms with E-state index in [1.54, 1.807) is 0 Å². The summed E-state index contributed by atoms with van der Waals surface area (Å²) >= 11 is 0. The number of methoxy groups -OCH3 is 2. The van der Waals surface area contributed by atoms with E-state index in [0.29, 0.717) is 6.29 Å². The smallest absolute Gasteiger partial charge is 0.201 e. The third-order valence-corrected chi connectivity index (χ3v) is 3.78. The van der Waals surface area contributed by atoms with Gasteiger partial charge in [-0.05, 0) is 18.2 Å². The van der Waals surface area contributed by atoms with Gasteiger partial charge < -0.3 is 14.6 Å². The Bertz CT molecular complexity index is 866. The van der Waals surface area contributed by atoms with E-state index in [1.807, 2.05) is 0 Å². The van der Waals surface area contributed by atoms with Crippen LogP contribution in [0, 0.1) is 0 Å². The lowest BCUT2D eigenvalue weighted by Gasteiger charge is -2.21. The molecular weight excluding hydrogens is 300 g/mol. The molecule has 6 nitrogen and oxygen atoms in total. The topological polar surface area (TPSA) is 89.9 Å². The van der Waals surface area contributed by atoms with E-state index in [2.05, 4.69) is 0 Å². The fraction of sp³-hybridized carbons (Fsp3) is 0.118. The Hall–Kier alpha value is -3.15. The van der Waals surface area contributed by atoms with Gasteiger partial charge in [0.05, 0.1) is 19.8 Å². The highest BCUT2D eigenvalue weighted by molar-refractivity contribution is 6.30. The van der Waals surface area contributed by atoms with E-state index in [1.165, 1.54) is 38.5 Å². The first kappa shape index (κ1) is 14.8. The van der Waals surface area contributed by atoms with Crippen LogP contribution in [-0.4, -0.2) is 37.2 Å². The highest BCUT2D eigenvalue weighted by atomic mass is 16.5. The molecule has 0 radical (unpaired) electrons. The van der Waals surface area contributed by atoms with Gasteiger partial charge in [0.2, 0.25) is 5.75 Å². The Morgan fingerprint density at radius 1 is 0.957 bits per heavy atom. The zero-order chi connectivity index (χ0) is 16.7. The molecule has 0 unspecified atom stereocenters. The van der Waals surface area contributed by atoms with Gasteiger partial charge in [-0.25, -0.2) is 0 Å². The van der Waals surface area contributed by atoms with Gasteiger partial charge >= 0.3 is 0 Å². The number of hydrogen-bond acceptors (Lipinski definition) is 6. The Labute approximate surface area is 131 Å². The summed E-state index contributed by atoms with van der Waals surface area (Å²) in [5.74, 6) is -1.34. The van der Waals surface area contributed by atoms with Gasteiger partial charge in [0.1, 0.15) is 6.29 Å². The number of aldehydes is 1. The van der Waals surface area contributed by atoms with Crippen molar-refractivity contribution in [3.8, 4) is 17.2 Å². The summed E-state index contributed by atoms with van der Waals surface area (Å²) in [6, 6.07) is 5.57. The molecule has 0 atom stereocenters. The van der Waals surface area contributed by atoms with E-state index in [-0.39, 0.29) is 45.1 Å². The van der Waals surface area contributed by atoms with E-state index in [0.717, 1.165) is 0 Å². The number of hydrogen-bond donors (Lipinski definition) is 1. The van der Waals surface area contributed by atoms with Crippen LogP contribution >= 0.6 is 0 Å². The zero-order valence-corrected chi connectivity index (χ0v) is 12.4. The number of carbonyl (C=O) groups excluding carboxylic acids is 3. The summed E-state index contributed by atoms with van der Waals surface area (Å²) in [5.41, 5.74) is 0.641. The number of benzene rings is 2. The summed E-state index contributed by atoms with van der Waals surface area (Å²) in [5, 5.41) is 10.1. The summed E-state index contributed by atoms with van der Waals surface area (Å²) in [7, 11) is 2.62. The van der Waals surface area contributed by atoms with E-state index in [9.17, 15) is 19.5 Å².